The van der Waals surface area contributed by atoms with E-state index in [1.165, 1.54) is 0 Å². The van der Waals surface area contributed by atoms with Crippen molar-refractivity contribution in [2.75, 3.05) is 0 Å². The lowest BCUT2D eigenvalue weighted by Gasteiger charge is -2.02. The maximum absolute atomic E-state index is 5.75. The van der Waals surface area contributed by atoms with E-state index in [1.54, 1.807) is 6.20 Å². The predicted molar refractivity (Wildman–Crippen MR) is 53.5 cm³/mol. The number of halogens is 1. The van der Waals surface area contributed by atoms with Gasteiger partial charge in [0.1, 0.15) is 5.82 Å². The first kappa shape index (κ1) is 8.32. The average molecular weight is 193 g/mol. The molecule has 0 amide bonds. The lowest BCUT2D eigenvalue weighted by molar-refractivity contribution is 0.892. The van der Waals surface area contributed by atoms with Gasteiger partial charge in [-0.05, 0) is 0 Å². The summed E-state index contributed by atoms with van der Waals surface area (Å²) >= 11 is 5.75. The topological polar surface area (TPSA) is 17.8 Å². The molecular weight excluding hydrogens is 184 g/mol. The molecular formula is C10H9ClN2. The van der Waals surface area contributed by atoms with Gasteiger partial charge in [0.2, 0.25) is 0 Å². The highest BCUT2D eigenvalue weighted by molar-refractivity contribution is 6.15. The van der Waals surface area contributed by atoms with Crippen LogP contribution in [0.3, 0.4) is 0 Å². The number of hydrogen-bond donors (Lipinski definition) is 0. The van der Waals surface area contributed by atoms with Gasteiger partial charge < -0.3 is 4.57 Å². The standard InChI is InChI=1S/C10H9ClN2/c11-8-13-7-6-12-10(13)9-4-2-1-3-5-9/h1-7H,8H2. The van der Waals surface area contributed by atoms with Crippen molar-refractivity contribution in [1.29, 1.82) is 0 Å². The molecule has 0 radical (unpaired) electrons. The van der Waals surface area contributed by atoms with Crippen LogP contribution >= 0.6 is 11.6 Å². The van der Waals surface area contributed by atoms with Crippen molar-refractivity contribution in [2.45, 2.75) is 6.00 Å². The van der Waals surface area contributed by atoms with Crippen LogP contribution in [0.1, 0.15) is 0 Å². The zero-order valence-corrected chi connectivity index (χ0v) is 7.78. The van der Waals surface area contributed by atoms with Gasteiger partial charge in [0.25, 0.3) is 0 Å². The van der Waals surface area contributed by atoms with Crippen molar-refractivity contribution in [3.05, 3.63) is 42.7 Å². The van der Waals surface area contributed by atoms with Crippen LogP contribution < -0.4 is 0 Å². The Labute approximate surface area is 81.8 Å². The molecule has 0 spiro atoms. The molecule has 13 heavy (non-hydrogen) atoms. The summed E-state index contributed by atoms with van der Waals surface area (Å²) in [6.07, 6.45) is 3.63. The second kappa shape index (κ2) is 3.62. The fraction of sp³-hybridized carbons (Fsp3) is 0.100. The van der Waals surface area contributed by atoms with Crippen LogP contribution in [0, 0.1) is 0 Å². The molecule has 0 saturated carbocycles. The molecule has 0 fully saturated rings. The molecule has 0 saturated heterocycles. The number of alkyl halides is 1. The minimum absolute atomic E-state index is 0.435. The lowest BCUT2D eigenvalue weighted by Crippen LogP contribution is -1.93. The van der Waals surface area contributed by atoms with Crippen LogP contribution in [-0.4, -0.2) is 9.55 Å². The van der Waals surface area contributed by atoms with Gasteiger partial charge in [-0.1, -0.05) is 30.3 Å². The summed E-state index contributed by atoms with van der Waals surface area (Å²) in [6.45, 7) is 0. The Kier molecular flexibility index (Phi) is 2.32. The predicted octanol–water partition coefficient (Wildman–Crippen LogP) is 2.75. The van der Waals surface area contributed by atoms with E-state index in [0.29, 0.717) is 6.00 Å². The van der Waals surface area contributed by atoms with Crippen LogP contribution in [0.15, 0.2) is 42.7 Å². The quantitative estimate of drug-likeness (QED) is 0.669. The van der Waals surface area contributed by atoms with E-state index in [0.717, 1.165) is 11.4 Å². The van der Waals surface area contributed by atoms with Crippen molar-refractivity contribution < 1.29 is 0 Å². The Bertz CT molecular complexity index is 381. The highest BCUT2D eigenvalue weighted by Gasteiger charge is 2.02. The molecule has 2 rings (SSSR count). The van der Waals surface area contributed by atoms with Gasteiger partial charge in [-0.15, -0.1) is 11.6 Å². The van der Waals surface area contributed by atoms with Gasteiger partial charge in [-0.25, -0.2) is 4.98 Å². The normalized spacial score (nSPS) is 10.2. The van der Waals surface area contributed by atoms with Gasteiger partial charge >= 0.3 is 0 Å². The molecule has 0 bridgehead atoms. The molecule has 1 aromatic carbocycles. The Hall–Kier alpha value is -1.28. The molecule has 0 atom stereocenters. The Morgan fingerprint density at radius 2 is 2.00 bits per heavy atom. The van der Waals surface area contributed by atoms with Gasteiger partial charge in [0.05, 0.1) is 6.00 Å². The summed E-state index contributed by atoms with van der Waals surface area (Å²) in [5.41, 5.74) is 1.09. The summed E-state index contributed by atoms with van der Waals surface area (Å²) in [5, 5.41) is 0. The van der Waals surface area contributed by atoms with E-state index in [-0.39, 0.29) is 0 Å². The van der Waals surface area contributed by atoms with Crippen molar-refractivity contribution in [2.24, 2.45) is 0 Å². The summed E-state index contributed by atoms with van der Waals surface area (Å²) in [6, 6.07) is 10.4. The molecule has 1 aromatic heterocycles. The summed E-state index contributed by atoms with van der Waals surface area (Å²) in [4.78, 5) is 4.24. The number of rotatable bonds is 2. The van der Waals surface area contributed by atoms with E-state index in [4.69, 9.17) is 11.6 Å². The Balaban J connectivity index is 2.47. The molecule has 2 nitrogen and oxygen atoms in total. The Morgan fingerprint density at radius 1 is 1.23 bits per heavy atom. The smallest absolute Gasteiger partial charge is 0.140 e. The molecule has 0 aliphatic carbocycles. The molecule has 2 aromatic rings. The fourth-order valence-electron chi connectivity index (χ4n) is 1.25. The van der Waals surface area contributed by atoms with E-state index >= 15 is 0 Å². The highest BCUT2D eigenvalue weighted by Crippen LogP contribution is 2.16. The van der Waals surface area contributed by atoms with E-state index in [1.807, 2.05) is 41.1 Å². The summed E-state index contributed by atoms with van der Waals surface area (Å²) in [5.74, 6) is 0.913. The first-order valence-electron chi connectivity index (χ1n) is 4.04. The monoisotopic (exact) mass is 192 g/mol. The summed E-state index contributed by atoms with van der Waals surface area (Å²) in [7, 11) is 0. The molecule has 66 valence electrons. The molecule has 0 unspecified atom stereocenters. The SMILES string of the molecule is ClCn1ccnc1-c1ccccc1. The van der Waals surface area contributed by atoms with Gasteiger partial charge in [-0.2, -0.15) is 0 Å². The molecule has 0 aliphatic rings. The van der Waals surface area contributed by atoms with E-state index in [9.17, 15) is 0 Å². The van der Waals surface area contributed by atoms with Crippen molar-refractivity contribution in [1.82, 2.24) is 9.55 Å². The zero-order valence-electron chi connectivity index (χ0n) is 7.02. The number of aromatic nitrogens is 2. The third-order valence-electron chi connectivity index (χ3n) is 1.88. The molecule has 3 heteroatoms. The zero-order chi connectivity index (χ0) is 9.10. The van der Waals surface area contributed by atoms with Gasteiger partial charge in [0.15, 0.2) is 0 Å². The van der Waals surface area contributed by atoms with Crippen LogP contribution in [-0.2, 0) is 6.00 Å². The van der Waals surface area contributed by atoms with E-state index in [2.05, 4.69) is 4.98 Å². The molecule has 0 aliphatic heterocycles. The first-order valence-corrected chi connectivity index (χ1v) is 4.58. The van der Waals surface area contributed by atoms with Crippen LogP contribution in [0.5, 0.6) is 0 Å². The van der Waals surface area contributed by atoms with E-state index < -0.39 is 0 Å². The number of imidazole rings is 1. The summed E-state index contributed by atoms with van der Waals surface area (Å²) < 4.78 is 1.90. The maximum atomic E-state index is 5.75. The number of nitrogens with zero attached hydrogens (tertiary/aromatic N) is 2. The van der Waals surface area contributed by atoms with Crippen molar-refractivity contribution in [3.8, 4) is 11.4 Å². The highest BCUT2D eigenvalue weighted by atomic mass is 35.5. The lowest BCUT2D eigenvalue weighted by atomic mass is 10.2. The largest absolute Gasteiger partial charge is 0.317 e. The van der Waals surface area contributed by atoms with Crippen LogP contribution in [0.4, 0.5) is 0 Å². The average Bonchev–Trinajstić information content (AvgIpc) is 2.67. The number of hydrogen-bond acceptors (Lipinski definition) is 1. The second-order valence-corrected chi connectivity index (χ2v) is 2.95. The Morgan fingerprint density at radius 3 is 2.69 bits per heavy atom. The third-order valence-corrected chi connectivity index (χ3v) is 2.13. The molecule has 0 N–H and O–H groups in total. The van der Waals surface area contributed by atoms with Gasteiger partial charge in [-0.3, -0.25) is 0 Å². The minimum Gasteiger partial charge on any atom is -0.317 e. The molecule has 1 heterocycles. The third kappa shape index (κ3) is 1.58. The minimum atomic E-state index is 0.435. The number of benzene rings is 1. The maximum Gasteiger partial charge on any atom is 0.140 e. The van der Waals surface area contributed by atoms with Crippen LogP contribution in [0.25, 0.3) is 11.4 Å². The van der Waals surface area contributed by atoms with Crippen LogP contribution in [0.2, 0.25) is 0 Å². The second-order valence-electron chi connectivity index (χ2n) is 2.71. The van der Waals surface area contributed by atoms with Crippen molar-refractivity contribution in [3.63, 3.8) is 0 Å². The van der Waals surface area contributed by atoms with Gasteiger partial charge in [0, 0.05) is 18.0 Å². The first-order chi connectivity index (χ1) is 6.42. The van der Waals surface area contributed by atoms with Crippen molar-refractivity contribution >= 4 is 11.6 Å². The fourth-order valence-corrected chi connectivity index (χ4v) is 1.45.